The van der Waals surface area contributed by atoms with Crippen molar-refractivity contribution in [2.75, 3.05) is 13.2 Å². The highest BCUT2D eigenvalue weighted by Crippen LogP contribution is 2.31. The van der Waals surface area contributed by atoms with Crippen molar-refractivity contribution < 1.29 is 59.8 Å². The van der Waals surface area contributed by atoms with Crippen LogP contribution in [0.4, 0.5) is 5.69 Å². The SMILES string of the molecule is N#Cc1ccccc1OC1OC(CO)C(O)C(O)C1O.[C-]#[N+]c1ccccc1OC1OC(CO)C(O)C(O)C1O. The summed E-state index contributed by atoms with van der Waals surface area (Å²) in [6.45, 7) is 5.94. The van der Waals surface area contributed by atoms with Crippen LogP contribution < -0.4 is 9.47 Å². The molecule has 2 aromatic rings. The van der Waals surface area contributed by atoms with Gasteiger partial charge in [-0.2, -0.15) is 5.26 Å². The van der Waals surface area contributed by atoms with Gasteiger partial charge >= 0.3 is 0 Å². The number of aliphatic hydroxyl groups is 8. The minimum absolute atomic E-state index is 0.180. The van der Waals surface area contributed by atoms with Crippen LogP contribution >= 0.6 is 0 Å². The third-order valence-corrected chi connectivity index (χ3v) is 6.18. The Morgan fingerprint density at radius 2 is 1.15 bits per heavy atom. The van der Waals surface area contributed by atoms with Crippen LogP contribution in [0.3, 0.4) is 0 Å². The molecule has 40 heavy (non-hydrogen) atoms. The van der Waals surface area contributed by atoms with Crippen LogP contribution in [0, 0.1) is 17.9 Å². The number of nitrogens with zero attached hydrogens (tertiary/aromatic N) is 2. The molecule has 0 spiro atoms. The zero-order chi connectivity index (χ0) is 29.4. The smallest absolute Gasteiger partial charge is 0.229 e. The molecule has 2 fully saturated rings. The predicted octanol–water partition coefficient (Wildman–Crippen LogP) is -1.85. The van der Waals surface area contributed by atoms with Crippen molar-refractivity contribution in [2.45, 2.75) is 61.4 Å². The molecule has 2 heterocycles. The number of hydrogen-bond donors (Lipinski definition) is 8. The molecule has 14 heteroatoms. The van der Waals surface area contributed by atoms with E-state index in [1.807, 2.05) is 6.07 Å². The summed E-state index contributed by atoms with van der Waals surface area (Å²) in [5.74, 6) is 0.367. The minimum atomic E-state index is -1.51. The Labute approximate surface area is 228 Å². The maximum atomic E-state index is 9.83. The van der Waals surface area contributed by atoms with Crippen molar-refractivity contribution in [2.24, 2.45) is 0 Å². The van der Waals surface area contributed by atoms with Crippen LogP contribution in [0.1, 0.15) is 5.56 Å². The lowest BCUT2D eigenvalue weighted by atomic mass is 9.99. The minimum Gasteiger partial charge on any atom is -0.473 e. The fourth-order valence-electron chi connectivity index (χ4n) is 3.89. The van der Waals surface area contributed by atoms with Crippen LogP contribution in [-0.4, -0.2) is 115 Å². The molecule has 2 aliphatic rings. The molecule has 8 N–H and O–H groups in total. The van der Waals surface area contributed by atoms with Crippen molar-refractivity contribution in [3.63, 3.8) is 0 Å². The van der Waals surface area contributed by atoms with E-state index < -0.39 is 74.6 Å². The molecule has 0 saturated carbocycles. The number of para-hydroxylation sites is 3. The largest absolute Gasteiger partial charge is 0.473 e. The molecule has 0 radical (unpaired) electrons. The molecule has 0 aromatic heterocycles. The molecule has 10 atom stereocenters. The Bertz CT molecular complexity index is 1090. The van der Waals surface area contributed by atoms with E-state index in [1.54, 1.807) is 24.3 Å². The van der Waals surface area contributed by atoms with E-state index in [2.05, 4.69) is 4.85 Å². The molecule has 10 unspecified atom stereocenters. The molecule has 2 saturated heterocycles. The molecular weight excluding hydrogens is 532 g/mol. The van der Waals surface area contributed by atoms with Gasteiger partial charge in [-0.15, -0.1) is 0 Å². The van der Waals surface area contributed by atoms with Gasteiger partial charge in [-0.05, 0) is 18.2 Å². The average Bonchev–Trinajstić information content (AvgIpc) is 2.98. The quantitative estimate of drug-likeness (QED) is 0.181. The van der Waals surface area contributed by atoms with Crippen LogP contribution in [0.15, 0.2) is 48.5 Å². The lowest BCUT2D eigenvalue weighted by molar-refractivity contribution is -0.277. The Morgan fingerprint density at radius 1 is 0.700 bits per heavy atom. The number of ether oxygens (including phenoxy) is 4. The first-order valence-electron chi connectivity index (χ1n) is 12.1. The van der Waals surface area contributed by atoms with Gasteiger partial charge < -0.3 is 59.8 Å². The third kappa shape index (κ3) is 7.03. The fraction of sp³-hybridized carbons (Fsp3) is 0.462. The first kappa shape index (κ1) is 31.2. The molecule has 14 nitrogen and oxygen atoms in total. The third-order valence-electron chi connectivity index (χ3n) is 6.18. The Kier molecular flexibility index (Phi) is 11.1. The van der Waals surface area contributed by atoms with Gasteiger partial charge in [0.05, 0.1) is 25.3 Å². The summed E-state index contributed by atoms with van der Waals surface area (Å²) in [5.41, 5.74) is 0.467. The number of aliphatic hydroxyl groups excluding tert-OH is 8. The maximum Gasteiger partial charge on any atom is 0.229 e. The van der Waals surface area contributed by atoms with E-state index >= 15 is 0 Å². The summed E-state index contributed by atoms with van der Waals surface area (Å²) < 4.78 is 21.1. The fourth-order valence-corrected chi connectivity index (χ4v) is 3.89. The van der Waals surface area contributed by atoms with Gasteiger partial charge in [0.25, 0.3) is 0 Å². The highest BCUT2D eigenvalue weighted by Gasteiger charge is 2.46. The first-order valence-corrected chi connectivity index (χ1v) is 12.1. The monoisotopic (exact) mass is 562 g/mol. The van der Waals surface area contributed by atoms with Gasteiger partial charge in [-0.1, -0.05) is 30.3 Å². The van der Waals surface area contributed by atoms with Gasteiger partial charge in [0.15, 0.2) is 0 Å². The van der Waals surface area contributed by atoms with Crippen molar-refractivity contribution in [1.82, 2.24) is 0 Å². The normalized spacial score (nSPS) is 33.5. The Hall–Kier alpha value is -3.38. The predicted molar refractivity (Wildman–Crippen MR) is 133 cm³/mol. The van der Waals surface area contributed by atoms with Crippen molar-refractivity contribution in [3.8, 4) is 17.6 Å². The molecule has 2 aromatic carbocycles. The van der Waals surface area contributed by atoms with Gasteiger partial charge in [-0.3, -0.25) is 0 Å². The highest BCUT2D eigenvalue weighted by molar-refractivity contribution is 5.57. The van der Waals surface area contributed by atoms with Crippen LogP contribution in [0.25, 0.3) is 4.85 Å². The van der Waals surface area contributed by atoms with Gasteiger partial charge in [0.2, 0.25) is 18.3 Å². The molecular formula is C26H30N2O12. The lowest BCUT2D eigenvalue weighted by Gasteiger charge is -2.39. The average molecular weight is 563 g/mol. The Balaban J connectivity index is 0.000000220. The van der Waals surface area contributed by atoms with Crippen molar-refractivity contribution in [3.05, 3.63) is 65.5 Å². The van der Waals surface area contributed by atoms with E-state index in [4.69, 9.17) is 41.0 Å². The van der Waals surface area contributed by atoms with E-state index in [1.165, 1.54) is 24.3 Å². The molecule has 216 valence electrons. The van der Waals surface area contributed by atoms with E-state index in [0.29, 0.717) is 0 Å². The molecule has 0 aliphatic carbocycles. The number of rotatable bonds is 6. The standard InChI is InChI=1S/2C13H15NO6/c1-14-7-4-2-3-5-8(7)19-13-12(18)11(17)10(16)9(6-15)20-13;14-5-7-3-1-2-4-8(7)19-13-12(18)11(17)10(16)9(6-15)20-13/h2-5,9-13,15-18H,6H2;1-4,9-13,15-18H,6H2. The maximum absolute atomic E-state index is 9.83. The lowest BCUT2D eigenvalue weighted by Crippen LogP contribution is -2.60. The molecule has 4 rings (SSSR count). The molecule has 0 amide bonds. The van der Waals surface area contributed by atoms with Gasteiger partial charge in [-0.25, -0.2) is 4.85 Å². The second kappa shape index (κ2) is 14.3. The van der Waals surface area contributed by atoms with Crippen LogP contribution in [0.2, 0.25) is 0 Å². The van der Waals surface area contributed by atoms with Crippen molar-refractivity contribution in [1.29, 1.82) is 5.26 Å². The highest BCUT2D eigenvalue weighted by atomic mass is 16.7. The molecule has 2 aliphatic heterocycles. The summed E-state index contributed by atoms with van der Waals surface area (Å²) in [6.07, 6.45) is -13.6. The van der Waals surface area contributed by atoms with Gasteiger partial charge in [0, 0.05) is 0 Å². The summed E-state index contributed by atoms with van der Waals surface area (Å²) in [6, 6.07) is 14.6. The first-order chi connectivity index (χ1) is 19.2. The summed E-state index contributed by atoms with van der Waals surface area (Å²) in [5, 5.41) is 85.3. The molecule has 0 bridgehead atoms. The zero-order valence-corrected chi connectivity index (χ0v) is 20.9. The van der Waals surface area contributed by atoms with E-state index in [-0.39, 0.29) is 22.7 Å². The van der Waals surface area contributed by atoms with E-state index in [9.17, 15) is 30.6 Å². The zero-order valence-electron chi connectivity index (χ0n) is 20.9. The summed E-state index contributed by atoms with van der Waals surface area (Å²) >= 11 is 0. The summed E-state index contributed by atoms with van der Waals surface area (Å²) in [7, 11) is 0. The van der Waals surface area contributed by atoms with Crippen LogP contribution in [-0.2, 0) is 9.47 Å². The summed E-state index contributed by atoms with van der Waals surface area (Å²) in [4.78, 5) is 3.26. The van der Waals surface area contributed by atoms with Gasteiger partial charge in [0.1, 0.15) is 66.4 Å². The van der Waals surface area contributed by atoms with Crippen LogP contribution in [0.5, 0.6) is 11.5 Å². The second-order valence-electron chi connectivity index (χ2n) is 8.82. The number of hydrogen-bond acceptors (Lipinski definition) is 13. The van der Waals surface area contributed by atoms with E-state index in [0.717, 1.165) is 0 Å². The second-order valence-corrected chi connectivity index (χ2v) is 8.82. The number of nitriles is 1. The number of benzene rings is 2. The van der Waals surface area contributed by atoms with Crippen molar-refractivity contribution >= 4 is 5.69 Å². The Morgan fingerprint density at radius 3 is 1.62 bits per heavy atom. The topological polar surface area (TPSA) is 227 Å².